The zero-order chi connectivity index (χ0) is 32.8. The van der Waals surface area contributed by atoms with Gasteiger partial charge in [0.05, 0.1) is 35.6 Å². The first-order chi connectivity index (χ1) is 21.9. The first-order valence-corrected chi connectivity index (χ1v) is 16.7. The second kappa shape index (κ2) is 12.3. The summed E-state index contributed by atoms with van der Waals surface area (Å²) in [5.41, 5.74) is -1.10. The zero-order valence-corrected chi connectivity index (χ0v) is 26.3. The molecule has 0 aliphatic carbocycles. The lowest BCUT2D eigenvalue weighted by molar-refractivity contribution is 0.0563. The van der Waals surface area contributed by atoms with E-state index in [4.69, 9.17) is 16.6 Å². The van der Waals surface area contributed by atoms with Gasteiger partial charge in [0, 0.05) is 46.1 Å². The molecule has 0 radical (unpaired) electrons. The fourth-order valence-electron chi connectivity index (χ4n) is 5.56. The summed E-state index contributed by atoms with van der Waals surface area (Å²) in [5, 5.41) is 6.17. The number of esters is 1. The second-order valence-electron chi connectivity index (χ2n) is 10.7. The molecule has 1 unspecified atom stereocenters. The van der Waals surface area contributed by atoms with Gasteiger partial charge in [-0.1, -0.05) is 23.7 Å². The number of halogens is 5. The van der Waals surface area contributed by atoms with Crippen molar-refractivity contribution in [3.63, 3.8) is 0 Å². The number of ether oxygens (including phenoxy) is 1. The number of alkyl halides is 3. The lowest BCUT2D eigenvalue weighted by atomic mass is 9.91. The lowest BCUT2D eigenvalue weighted by Crippen LogP contribution is -2.36. The highest BCUT2D eigenvalue weighted by atomic mass is 35.5. The number of sulfone groups is 1. The normalized spacial score (nSPS) is 19.8. The summed E-state index contributed by atoms with van der Waals surface area (Å²) in [6.07, 6.45) is 1.86. The third-order valence-electron chi connectivity index (χ3n) is 7.74. The van der Waals surface area contributed by atoms with E-state index in [0.29, 0.717) is 20.9 Å². The van der Waals surface area contributed by atoms with Crippen LogP contribution in [0.3, 0.4) is 0 Å². The molecule has 46 heavy (non-hydrogen) atoms. The molecule has 0 amide bonds. The van der Waals surface area contributed by atoms with Crippen molar-refractivity contribution in [2.24, 2.45) is 4.99 Å². The number of methoxy groups -OCH3 is 1. The SMILES string of the molecule is COC(=O)c1cccc(S(=O)(=O)CCC2(F)CC3=C(c4ccn(C(F)F)n4)[C@H](c4ccc(F)cc4Cl)N=C(c4nccs4)N3C2)c1. The second-order valence-corrected chi connectivity index (χ2v) is 14.1. The minimum absolute atomic E-state index is 0.0110. The van der Waals surface area contributed by atoms with Gasteiger partial charge in [-0.15, -0.1) is 11.3 Å². The van der Waals surface area contributed by atoms with Crippen LogP contribution in [0.25, 0.3) is 5.57 Å². The topological polar surface area (TPSA) is 107 Å². The van der Waals surface area contributed by atoms with Crippen LogP contribution in [-0.4, -0.2) is 65.0 Å². The molecule has 4 aromatic rings. The van der Waals surface area contributed by atoms with E-state index in [9.17, 15) is 26.4 Å². The summed E-state index contributed by atoms with van der Waals surface area (Å²) in [4.78, 5) is 22.6. The molecule has 9 nitrogen and oxygen atoms in total. The Morgan fingerprint density at radius 1 is 1.22 bits per heavy atom. The molecule has 2 aromatic heterocycles. The summed E-state index contributed by atoms with van der Waals surface area (Å²) in [6, 6.07) is 9.32. The number of aromatic nitrogens is 3. The summed E-state index contributed by atoms with van der Waals surface area (Å²) < 4.78 is 89.9. The largest absolute Gasteiger partial charge is 0.465 e. The van der Waals surface area contributed by atoms with Gasteiger partial charge in [0.25, 0.3) is 0 Å². The molecule has 2 atom stereocenters. The van der Waals surface area contributed by atoms with E-state index in [-0.39, 0.29) is 45.5 Å². The molecule has 6 rings (SSSR count). The van der Waals surface area contributed by atoms with Crippen LogP contribution < -0.4 is 0 Å². The monoisotopic (exact) mass is 693 g/mol. The summed E-state index contributed by atoms with van der Waals surface area (Å²) in [6.45, 7) is -3.27. The predicted molar refractivity (Wildman–Crippen MR) is 163 cm³/mol. The highest BCUT2D eigenvalue weighted by molar-refractivity contribution is 7.91. The fourth-order valence-corrected chi connectivity index (χ4v) is 7.93. The Morgan fingerprint density at radius 3 is 2.70 bits per heavy atom. The molecular weight excluding hydrogens is 670 g/mol. The van der Waals surface area contributed by atoms with Crippen LogP contribution in [0.5, 0.6) is 0 Å². The van der Waals surface area contributed by atoms with Crippen LogP contribution in [0.4, 0.5) is 17.6 Å². The number of allylic oxidation sites excluding steroid dienone is 1. The number of amidine groups is 1. The average Bonchev–Trinajstić information content (AvgIpc) is 3.80. The molecule has 16 heteroatoms. The number of rotatable bonds is 9. The van der Waals surface area contributed by atoms with Crippen LogP contribution >= 0.6 is 22.9 Å². The molecule has 0 N–H and O–H groups in total. The van der Waals surface area contributed by atoms with Crippen molar-refractivity contribution in [3.8, 4) is 0 Å². The predicted octanol–water partition coefficient (Wildman–Crippen LogP) is 6.50. The van der Waals surface area contributed by atoms with Crippen molar-refractivity contribution >= 4 is 50.2 Å². The third-order valence-corrected chi connectivity index (χ3v) is 10.6. The van der Waals surface area contributed by atoms with Gasteiger partial charge in [0.1, 0.15) is 17.5 Å². The van der Waals surface area contributed by atoms with E-state index in [1.807, 2.05) is 0 Å². The highest BCUT2D eigenvalue weighted by Gasteiger charge is 2.48. The smallest absolute Gasteiger partial charge is 0.337 e. The van der Waals surface area contributed by atoms with Gasteiger partial charge in [0.2, 0.25) is 0 Å². The fraction of sp³-hybridized carbons (Fsp3) is 0.267. The zero-order valence-electron chi connectivity index (χ0n) is 23.9. The van der Waals surface area contributed by atoms with E-state index in [0.717, 1.165) is 12.3 Å². The number of hydrogen-bond donors (Lipinski definition) is 0. The Labute approximate surface area is 269 Å². The number of carbonyl (C=O) groups is 1. The standard InChI is InChI=1S/C30H24ClF4N5O4S2/c1-44-28(41)17-3-2-4-19(13-17)46(42,43)12-8-30(35)15-23-24(22-7-10-40(38-22)29(33)34)25(20-6-5-18(32)14-21(20)31)37-26(39(23)16-30)27-36-9-11-45-27/h2-7,9-11,13-14,25,29H,8,12,15-16H2,1H3/t25-,30?/m0/s1. The van der Waals surface area contributed by atoms with Crippen LogP contribution in [0.1, 0.15) is 52.1 Å². The van der Waals surface area contributed by atoms with Gasteiger partial charge in [-0.3, -0.25) is 4.99 Å². The minimum Gasteiger partial charge on any atom is -0.465 e. The maximum absolute atomic E-state index is 16.9. The van der Waals surface area contributed by atoms with Crippen molar-refractivity contribution in [2.45, 2.75) is 36.0 Å². The summed E-state index contributed by atoms with van der Waals surface area (Å²) >= 11 is 7.70. The van der Waals surface area contributed by atoms with Gasteiger partial charge in [0.15, 0.2) is 20.7 Å². The van der Waals surface area contributed by atoms with Gasteiger partial charge >= 0.3 is 12.5 Å². The maximum atomic E-state index is 16.9. The average molecular weight is 694 g/mol. The van der Waals surface area contributed by atoms with E-state index >= 15 is 4.39 Å². The quantitative estimate of drug-likeness (QED) is 0.145. The summed E-state index contributed by atoms with van der Waals surface area (Å²) in [7, 11) is -2.88. The third kappa shape index (κ3) is 6.06. The first kappa shape index (κ1) is 31.9. The highest BCUT2D eigenvalue weighted by Crippen LogP contribution is 2.49. The molecule has 2 aliphatic rings. The molecule has 1 saturated heterocycles. The first-order valence-electron chi connectivity index (χ1n) is 13.8. The number of fused-ring (bicyclic) bond motifs is 1. The van der Waals surface area contributed by atoms with Crippen LogP contribution in [0.15, 0.2) is 81.9 Å². The van der Waals surface area contributed by atoms with Crippen molar-refractivity contribution in [2.75, 3.05) is 19.4 Å². The van der Waals surface area contributed by atoms with Crippen LogP contribution in [-0.2, 0) is 14.6 Å². The molecule has 240 valence electrons. The van der Waals surface area contributed by atoms with Crippen molar-refractivity contribution in [1.29, 1.82) is 0 Å². The Hall–Kier alpha value is -4.08. The van der Waals surface area contributed by atoms with Crippen LogP contribution in [0, 0.1) is 5.82 Å². The van der Waals surface area contributed by atoms with E-state index in [2.05, 4.69) is 14.8 Å². The van der Waals surface area contributed by atoms with Crippen molar-refractivity contribution in [1.82, 2.24) is 19.7 Å². The van der Waals surface area contributed by atoms with Crippen molar-refractivity contribution < 1.29 is 35.5 Å². The molecule has 0 spiro atoms. The molecule has 0 saturated carbocycles. The maximum Gasteiger partial charge on any atom is 0.337 e. The Balaban J connectivity index is 1.42. The van der Waals surface area contributed by atoms with E-state index in [1.54, 1.807) is 16.5 Å². The molecule has 2 aromatic carbocycles. The van der Waals surface area contributed by atoms with Gasteiger partial charge in [-0.25, -0.2) is 31.7 Å². The lowest BCUT2D eigenvalue weighted by Gasteiger charge is -2.32. The number of hydrogen-bond acceptors (Lipinski definition) is 9. The Bertz CT molecular complexity index is 1980. The number of aliphatic imine (C=N–C) groups is 1. The summed E-state index contributed by atoms with van der Waals surface area (Å²) in [5.74, 6) is -1.65. The minimum atomic E-state index is -4.05. The molecular formula is C30H24ClF4N5O4S2. The molecule has 4 heterocycles. The number of nitrogens with zero attached hydrogens (tertiary/aromatic N) is 5. The van der Waals surface area contributed by atoms with Gasteiger partial charge in [-0.05, 0) is 42.8 Å². The van der Waals surface area contributed by atoms with E-state index in [1.165, 1.54) is 60.9 Å². The molecule has 1 fully saturated rings. The Morgan fingerprint density at radius 2 is 2.02 bits per heavy atom. The number of carbonyl (C=O) groups excluding carboxylic acids is 1. The van der Waals surface area contributed by atoms with Crippen LogP contribution in [0.2, 0.25) is 5.02 Å². The van der Waals surface area contributed by atoms with E-state index < -0.39 is 52.1 Å². The number of benzene rings is 2. The van der Waals surface area contributed by atoms with Gasteiger partial charge < -0.3 is 9.64 Å². The van der Waals surface area contributed by atoms with Crippen molar-refractivity contribution in [3.05, 3.63) is 105 Å². The van der Waals surface area contributed by atoms with Gasteiger partial charge in [-0.2, -0.15) is 13.9 Å². The Kier molecular flexibility index (Phi) is 8.50. The molecule has 0 bridgehead atoms. The number of thiazole rings is 1. The molecule has 2 aliphatic heterocycles.